The van der Waals surface area contributed by atoms with E-state index in [0.29, 0.717) is 31.1 Å². The fourth-order valence-corrected chi connectivity index (χ4v) is 3.49. The highest BCUT2D eigenvalue weighted by molar-refractivity contribution is 5.68. The number of carbonyl (C=O) groups excluding carboxylic acids is 1. The predicted molar refractivity (Wildman–Crippen MR) is 104 cm³/mol. The number of rotatable bonds is 6. The molecular formula is C21H33FN2O3. The minimum Gasteiger partial charge on any atom is -0.444 e. The number of nitrogens with zero attached hydrogens (tertiary/aromatic N) is 1. The molecule has 0 spiro atoms. The molecule has 27 heavy (non-hydrogen) atoms. The van der Waals surface area contributed by atoms with Crippen LogP contribution < -0.4 is 5.32 Å². The lowest BCUT2D eigenvalue weighted by Crippen LogP contribution is -2.43. The van der Waals surface area contributed by atoms with Gasteiger partial charge in [-0.2, -0.15) is 0 Å². The number of β-amino-alcohol motifs (C(OH)–C–C–N with tert-alkyl or cyclic N) is 1. The molecule has 0 saturated carbocycles. The highest BCUT2D eigenvalue weighted by atomic mass is 19.1. The standard InChI is InChI=1S/C21H33FN2O3/c1-20(2,3)27-19(26)24-10-9-15(14-24)12-21(4,5)23-13-18(25)16-7-6-8-17(22)11-16/h6-8,11,15,18,23,25H,9-10,12-14H2,1-5H3/t15-,18+/m1/s1. The highest BCUT2D eigenvalue weighted by Gasteiger charge is 2.33. The molecule has 0 radical (unpaired) electrons. The van der Waals surface area contributed by atoms with Crippen LogP contribution in [-0.4, -0.2) is 46.9 Å². The number of carbonyl (C=O) groups is 1. The molecule has 2 atom stereocenters. The number of ether oxygens (including phenoxy) is 1. The smallest absolute Gasteiger partial charge is 0.410 e. The van der Waals surface area contributed by atoms with E-state index in [1.807, 2.05) is 20.8 Å². The third-order valence-electron chi connectivity index (χ3n) is 4.74. The fraction of sp³-hybridized carbons (Fsp3) is 0.667. The maximum Gasteiger partial charge on any atom is 0.410 e. The van der Waals surface area contributed by atoms with Gasteiger partial charge in [-0.25, -0.2) is 9.18 Å². The van der Waals surface area contributed by atoms with Crippen LogP contribution in [-0.2, 0) is 4.74 Å². The lowest BCUT2D eigenvalue weighted by atomic mass is 9.89. The Morgan fingerprint density at radius 3 is 2.70 bits per heavy atom. The first-order chi connectivity index (χ1) is 12.5. The molecular weight excluding hydrogens is 347 g/mol. The number of hydrogen-bond acceptors (Lipinski definition) is 4. The first-order valence-corrected chi connectivity index (χ1v) is 9.62. The van der Waals surface area contributed by atoms with E-state index in [-0.39, 0.29) is 17.4 Å². The average molecular weight is 381 g/mol. The van der Waals surface area contributed by atoms with Gasteiger partial charge in [-0.3, -0.25) is 0 Å². The molecule has 1 aliphatic rings. The van der Waals surface area contributed by atoms with Gasteiger partial charge in [0.2, 0.25) is 0 Å². The Bertz CT molecular complexity index is 643. The largest absolute Gasteiger partial charge is 0.444 e. The molecule has 2 rings (SSSR count). The molecule has 152 valence electrons. The van der Waals surface area contributed by atoms with E-state index in [0.717, 1.165) is 12.8 Å². The highest BCUT2D eigenvalue weighted by Crippen LogP contribution is 2.27. The molecule has 0 bridgehead atoms. The van der Waals surface area contributed by atoms with E-state index < -0.39 is 11.7 Å². The van der Waals surface area contributed by atoms with Crippen molar-refractivity contribution in [3.63, 3.8) is 0 Å². The van der Waals surface area contributed by atoms with E-state index in [1.165, 1.54) is 12.1 Å². The second-order valence-corrected chi connectivity index (χ2v) is 9.12. The summed E-state index contributed by atoms with van der Waals surface area (Å²) in [4.78, 5) is 14.0. The number of benzene rings is 1. The van der Waals surface area contributed by atoms with Gasteiger partial charge in [0, 0.05) is 25.2 Å². The molecule has 1 aromatic carbocycles. The Labute approximate surface area is 161 Å². The quantitative estimate of drug-likeness (QED) is 0.786. The number of hydrogen-bond donors (Lipinski definition) is 2. The summed E-state index contributed by atoms with van der Waals surface area (Å²) in [6, 6.07) is 6.04. The molecule has 1 aromatic rings. The molecule has 1 fully saturated rings. The van der Waals surface area contributed by atoms with Gasteiger partial charge in [0.25, 0.3) is 0 Å². The minimum absolute atomic E-state index is 0.205. The zero-order valence-corrected chi connectivity index (χ0v) is 17.1. The molecule has 6 heteroatoms. The molecule has 2 N–H and O–H groups in total. The summed E-state index contributed by atoms with van der Waals surface area (Å²) in [7, 11) is 0. The van der Waals surface area contributed by atoms with Crippen LogP contribution in [0.4, 0.5) is 9.18 Å². The van der Waals surface area contributed by atoms with Gasteiger partial charge in [-0.1, -0.05) is 12.1 Å². The Morgan fingerprint density at radius 1 is 1.37 bits per heavy atom. The SMILES string of the molecule is CC(C)(C[C@H]1CCN(C(=O)OC(C)(C)C)C1)NC[C@H](O)c1cccc(F)c1. The summed E-state index contributed by atoms with van der Waals surface area (Å²) in [5.74, 6) is 0.0327. The van der Waals surface area contributed by atoms with Crippen molar-refractivity contribution in [2.45, 2.75) is 64.7 Å². The summed E-state index contributed by atoms with van der Waals surface area (Å²) in [6.07, 6.45) is 0.804. The molecule has 1 amide bonds. The lowest BCUT2D eigenvalue weighted by Gasteiger charge is -2.31. The normalized spacial score (nSPS) is 19.2. The van der Waals surface area contributed by atoms with E-state index in [4.69, 9.17) is 4.74 Å². The Hall–Kier alpha value is -1.66. The van der Waals surface area contributed by atoms with Crippen LogP contribution in [0.3, 0.4) is 0 Å². The third kappa shape index (κ3) is 7.11. The summed E-state index contributed by atoms with van der Waals surface area (Å²) in [5.41, 5.74) is -0.123. The minimum atomic E-state index is -0.762. The van der Waals surface area contributed by atoms with Crippen LogP contribution in [0.5, 0.6) is 0 Å². The molecule has 1 heterocycles. The summed E-state index contributed by atoms with van der Waals surface area (Å²) in [6.45, 7) is 11.5. The van der Waals surface area contributed by atoms with Crippen LogP contribution in [0.1, 0.15) is 59.1 Å². The fourth-order valence-electron chi connectivity index (χ4n) is 3.49. The van der Waals surface area contributed by atoms with Crippen molar-refractivity contribution < 1.29 is 19.0 Å². The van der Waals surface area contributed by atoms with Crippen LogP contribution >= 0.6 is 0 Å². The number of amides is 1. The second-order valence-electron chi connectivity index (χ2n) is 9.12. The van der Waals surface area contributed by atoms with E-state index in [9.17, 15) is 14.3 Å². The van der Waals surface area contributed by atoms with Crippen molar-refractivity contribution in [2.24, 2.45) is 5.92 Å². The topological polar surface area (TPSA) is 61.8 Å². The van der Waals surface area contributed by atoms with Crippen molar-refractivity contribution in [2.75, 3.05) is 19.6 Å². The zero-order chi connectivity index (χ0) is 20.2. The van der Waals surface area contributed by atoms with Gasteiger partial charge in [0.05, 0.1) is 6.10 Å². The van der Waals surface area contributed by atoms with Gasteiger partial charge in [0.1, 0.15) is 11.4 Å². The van der Waals surface area contributed by atoms with E-state index in [1.54, 1.807) is 17.0 Å². The molecule has 0 aliphatic carbocycles. The summed E-state index contributed by atoms with van der Waals surface area (Å²) in [5, 5.41) is 13.7. The number of aliphatic hydroxyl groups is 1. The first-order valence-electron chi connectivity index (χ1n) is 9.62. The second kappa shape index (κ2) is 8.57. The van der Waals surface area contributed by atoms with Crippen molar-refractivity contribution in [1.29, 1.82) is 0 Å². The first kappa shape index (κ1) is 21.6. The average Bonchev–Trinajstić information content (AvgIpc) is 2.99. The van der Waals surface area contributed by atoms with E-state index in [2.05, 4.69) is 19.2 Å². The van der Waals surface area contributed by atoms with Crippen LogP contribution in [0.25, 0.3) is 0 Å². The zero-order valence-electron chi connectivity index (χ0n) is 17.1. The predicted octanol–water partition coefficient (Wildman–Crippen LogP) is 3.87. The molecule has 1 aliphatic heterocycles. The number of aliphatic hydroxyl groups excluding tert-OH is 1. The Kier molecular flexibility index (Phi) is 6.87. The van der Waals surface area contributed by atoms with Crippen LogP contribution in [0, 0.1) is 11.7 Å². The third-order valence-corrected chi connectivity index (χ3v) is 4.74. The maximum atomic E-state index is 13.3. The lowest BCUT2D eigenvalue weighted by molar-refractivity contribution is 0.0285. The number of halogens is 1. The number of nitrogens with one attached hydrogen (secondary N) is 1. The van der Waals surface area contributed by atoms with Gasteiger partial charge >= 0.3 is 6.09 Å². The molecule has 0 aromatic heterocycles. The summed E-state index contributed by atoms with van der Waals surface area (Å²) >= 11 is 0. The monoisotopic (exact) mass is 380 g/mol. The van der Waals surface area contributed by atoms with Gasteiger partial charge in [-0.05, 0) is 71.1 Å². The van der Waals surface area contributed by atoms with Gasteiger partial charge < -0.3 is 20.1 Å². The van der Waals surface area contributed by atoms with Crippen molar-refractivity contribution in [3.8, 4) is 0 Å². The van der Waals surface area contributed by atoms with Gasteiger partial charge in [0.15, 0.2) is 0 Å². The molecule has 0 unspecified atom stereocenters. The van der Waals surface area contributed by atoms with Crippen LogP contribution in [0.2, 0.25) is 0 Å². The maximum absolute atomic E-state index is 13.3. The number of likely N-dealkylation sites (tertiary alicyclic amines) is 1. The van der Waals surface area contributed by atoms with E-state index >= 15 is 0 Å². The van der Waals surface area contributed by atoms with Crippen molar-refractivity contribution >= 4 is 6.09 Å². The molecule has 5 nitrogen and oxygen atoms in total. The van der Waals surface area contributed by atoms with Crippen molar-refractivity contribution in [1.82, 2.24) is 10.2 Å². The Morgan fingerprint density at radius 2 is 2.07 bits per heavy atom. The van der Waals surface area contributed by atoms with Gasteiger partial charge in [-0.15, -0.1) is 0 Å². The van der Waals surface area contributed by atoms with Crippen molar-refractivity contribution in [3.05, 3.63) is 35.6 Å². The summed E-state index contributed by atoms with van der Waals surface area (Å²) < 4.78 is 18.7. The molecule has 1 saturated heterocycles. The van der Waals surface area contributed by atoms with Crippen LogP contribution in [0.15, 0.2) is 24.3 Å². The Balaban J connectivity index is 1.81.